The average Bonchev–Trinajstić information content (AvgIpc) is 2.64. The van der Waals surface area contributed by atoms with E-state index in [0.717, 1.165) is 10.3 Å². The van der Waals surface area contributed by atoms with Crippen LogP contribution in [-0.4, -0.2) is 14.9 Å². The molecule has 29 heavy (non-hydrogen) atoms. The summed E-state index contributed by atoms with van der Waals surface area (Å²) in [5.41, 5.74) is 1.28. The van der Waals surface area contributed by atoms with E-state index >= 15 is 0 Å². The number of benzene rings is 1. The van der Waals surface area contributed by atoms with Crippen molar-refractivity contribution in [2.45, 2.75) is 32.6 Å². The highest BCUT2D eigenvalue weighted by Crippen LogP contribution is 2.48. The fourth-order valence-electron chi connectivity index (χ4n) is 4.38. The van der Waals surface area contributed by atoms with E-state index in [9.17, 15) is 14.4 Å². The quantitative estimate of drug-likeness (QED) is 0.745. The lowest BCUT2D eigenvalue weighted by Crippen LogP contribution is -2.45. The second-order valence-corrected chi connectivity index (χ2v) is 9.35. The topological polar surface area (TPSA) is 73.1 Å². The zero-order valence-electron chi connectivity index (χ0n) is 16.6. The molecule has 2 heterocycles. The number of carbonyl (C=O) groups is 1. The smallest absolute Gasteiger partial charge is 0.332 e. The number of Topliss-reactive ketones (excluding diaryl/α,β-unsaturated/α-hetero) is 1. The maximum atomic E-state index is 13.2. The SMILES string of the molecule is Cn1c2c(c(=O)n(C)c1=O)C(c1ccc(Cl)c(Cl)c1)C1=C(CC(C)(C)CC1=O)N2. The third kappa shape index (κ3) is 3.06. The van der Waals surface area contributed by atoms with Gasteiger partial charge in [0.05, 0.1) is 15.6 Å². The van der Waals surface area contributed by atoms with Crippen molar-refractivity contribution in [3.8, 4) is 0 Å². The molecule has 4 rings (SSSR count). The van der Waals surface area contributed by atoms with E-state index in [1.807, 2.05) is 13.8 Å². The summed E-state index contributed by atoms with van der Waals surface area (Å²) < 4.78 is 2.48. The van der Waals surface area contributed by atoms with Gasteiger partial charge in [0.1, 0.15) is 5.82 Å². The lowest BCUT2D eigenvalue weighted by molar-refractivity contribution is -0.118. The van der Waals surface area contributed by atoms with Gasteiger partial charge < -0.3 is 5.32 Å². The number of nitrogens with zero attached hydrogens (tertiary/aromatic N) is 2. The minimum absolute atomic E-state index is 0.0126. The fraction of sp³-hybridized carbons (Fsp3) is 0.381. The minimum Gasteiger partial charge on any atom is -0.344 e. The van der Waals surface area contributed by atoms with Crippen molar-refractivity contribution < 1.29 is 4.79 Å². The van der Waals surface area contributed by atoms with Gasteiger partial charge in [-0.25, -0.2) is 4.79 Å². The molecule has 8 heteroatoms. The Kier molecular flexibility index (Phi) is 4.55. The van der Waals surface area contributed by atoms with E-state index < -0.39 is 17.2 Å². The number of hydrogen-bond acceptors (Lipinski definition) is 4. The molecular formula is C21H21Cl2N3O3. The van der Waals surface area contributed by atoms with Gasteiger partial charge in [-0.2, -0.15) is 0 Å². The number of rotatable bonds is 1. The fourth-order valence-corrected chi connectivity index (χ4v) is 4.68. The number of carbonyl (C=O) groups excluding carboxylic acids is 1. The van der Waals surface area contributed by atoms with Crippen LogP contribution in [-0.2, 0) is 18.9 Å². The summed E-state index contributed by atoms with van der Waals surface area (Å²) in [5.74, 6) is -0.218. The van der Waals surface area contributed by atoms with Crippen LogP contribution < -0.4 is 16.6 Å². The Morgan fingerprint density at radius 1 is 1.03 bits per heavy atom. The molecule has 0 amide bonds. The zero-order valence-corrected chi connectivity index (χ0v) is 18.1. The standard InChI is InChI=1S/C21H21Cl2N3O3/c1-21(2)8-13-16(14(27)9-21)15(10-5-6-11(22)12(23)7-10)17-18(24-13)25(3)20(29)26(4)19(17)28/h5-7,15,24H,8-9H2,1-4H3. The third-order valence-corrected chi connectivity index (χ3v) is 6.48. The Bertz CT molecular complexity index is 1220. The van der Waals surface area contributed by atoms with Gasteiger partial charge in [0.2, 0.25) is 0 Å². The van der Waals surface area contributed by atoms with Gasteiger partial charge in [-0.05, 0) is 29.5 Å². The van der Waals surface area contributed by atoms with E-state index in [-0.39, 0.29) is 11.2 Å². The highest BCUT2D eigenvalue weighted by molar-refractivity contribution is 6.42. The van der Waals surface area contributed by atoms with Crippen LogP contribution in [0.1, 0.15) is 43.7 Å². The second-order valence-electron chi connectivity index (χ2n) is 8.53. The number of nitrogens with one attached hydrogen (secondary N) is 1. The maximum absolute atomic E-state index is 13.2. The predicted octanol–water partition coefficient (Wildman–Crippen LogP) is 3.59. The zero-order chi connectivity index (χ0) is 21.2. The number of halogens is 2. The van der Waals surface area contributed by atoms with Gasteiger partial charge >= 0.3 is 5.69 Å². The molecule has 1 atom stereocenters. The molecule has 0 saturated carbocycles. The summed E-state index contributed by atoms with van der Waals surface area (Å²) in [6, 6.07) is 5.12. The largest absolute Gasteiger partial charge is 0.344 e. The van der Waals surface area contributed by atoms with Gasteiger partial charge in [0.15, 0.2) is 5.78 Å². The molecule has 0 saturated heterocycles. The molecule has 2 aliphatic rings. The summed E-state index contributed by atoms with van der Waals surface area (Å²) in [4.78, 5) is 38.9. The van der Waals surface area contributed by atoms with Gasteiger partial charge in [0, 0.05) is 37.7 Å². The second kappa shape index (κ2) is 6.61. The van der Waals surface area contributed by atoms with Crippen LogP contribution in [0.3, 0.4) is 0 Å². The van der Waals surface area contributed by atoms with Crippen molar-refractivity contribution in [2.24, 2.45) is 19.5 Å². The predicted molar refractivity (Wildman–Crippen MR) is 114 cm³/mol. The van der Waals surface area contributed by atoms with Crippen LogP contribution in [0.2, 0.25) is 10.0 Å². The van der Waals surface area contributed by atoms with Crippen molar-refractivity contribution in [3.05, 3.63) is 71.5 Å². The van der Waals surface area contributed by atoms with Crippen LogP contribution in [0.4, 0.5) is 5.82 Å². The van der Waals surface area contributed by atoms with Gasteiger partial charge in [-0.15, -0.1) is 0 Å². The lowest BCUT2D eigenvalue weighted by atomic mass is 9.69. The van der Waals surface area contributed by atoms with Gasteiger partial charge in [-0.1, -0.05) is 43.1 Å². The van der Waals surface area contributed by atoms with Crippen LogP contribution >= 0.6 is 23.2 Å². The monoisotopic (exact) mass is 433 g/mol. The van der Waals surface area contributed by atoms with E-state index in [1.54, 1.807) is 25.2 Å². The van der Waals surface area contributed by atoms with E-state index in [1.165, 1.54) is 11.6 Å². The molecule has 1 aromatic heterocycles. The summed E-state index contributed by atoms with van der Waals surface area (Å²) in [6.07, 6.45) is 1.02. The molecule has 1 unspecified atom stereocenters. The molecule has 1 N–H and O–H groups in total. The van der Waals surface area contributed by atoms with Gasteiger partial charge in [-0.3, -0.25) is 18.7 Å². The number of ketones is 1. The summed E-state index contributed by atoms with van der Waals surface area (Å²) in [6.45, 7) is 4.06. The van der Waals surface area contributed by atoms with E-state index in [0.29, 0.717) is 45.4 Å². The first-order valence-corrected chi connectivity index (χ1v) is 10.1. The number of hydrogen-bond donors (Lipinski definition) is 1. The first kappa shape index (κ1) is 20.0. The first-order valence-electron chi connectivity index (χ1n) is 9.30. The lowest BCUT2D eigenvalue weighted by Gasteiger charge is -2.39. The number of aromatic nitrogens is 2. The number of fused-ring (bicyclic) bond motifs is 1. The van der Waals surface area contributed by atoms with Crippen molar-refractivity contribution in [2.75, 3.05) is 5.32 Å². The molecule has 1 aliphatic carbocycles. The molecule has 1 aromatic carbocycles. The summed E-state index contributed by atoms with van der Waals surface area (Å²) in [5, 5.41) is 3.97. The van der Waals surface area contributed by atoms with Crippen molar-refractivity contribution in [3.63, 3.8) is 0 Å². The molecule has 0 spiro atoms. The Labute approximate surface area is 177 Å². The van der Waals surface area contributed by atoms with Crippen LogP contribution in [0, 0.1) is 5.41 Å². The van der Waals surface area contributed by atoms with Crippen LogP contribution in [0.15, 0.2) is 39.1 Å². The molecule has 0 bridgehead atoms. The number of allylic oxidation sites excluding steroid dienone is 2. The third-order valence-electron chi connectivity index (χ3n) is 5.74. The van der Waals surface area contributed by atoms with Crippen LogP contribution in [0.25, 0.3) is 0 Å². The summed E-state index contributed by atoms with van der Waals surface area (Å²) >= 11 is 12.3. The van der Waals surface area contributed by atoms with E-state index in [2.05, 4.69) is 5.32 Å². The van der Waals surface area contributed by atoms with Crippen molar-refractivity contribution in [1.29, 1.82) is 0 Å². The Balaban J connectivity index is 2.09. The minimum atomic E-state index is -0.620. The molecule has 0 fully saturated rings. The molecule has 2 aromatic rings. The molecule has 152 valence electrons. The van der Waals surface area contributed by atoms with Crippen LogP contribution in [0.5, 0.6) is 0 Å². The highest BCUT2D eigenvalue weighted by atomic mass is 35.5. The molecular weight excluding hydrogens is 413 g/mol. The highest BCUT2D eigenvalue weighted by Gasteiger charge is 2.43. The summed E-state index contributed by atoms with van der Waals surface area (Å²) in [7, 11) is 3.05. The Morgan fingerprint density at radius 3 is 2.38 bits per heavy atom. The van der Waals surface area contributed by atoms with Crippen molar-refractivity contribution in [1.82, 2.24) is 9.13 Å². The normalized spacial score (nSPS) is 20.2. The van der Waals surface area contributed by atoms with E-state index in [4.69, 9.17) is 23.2 Å². The Morgan fingerprint density at radius 2 is 1.72 bits per heavy atom. The maximum Gasteiger partial charge on any atom is 0.332 e. The Hall–Kier alpha value is -2.31. The van der Waals surface area contributed by atoms with Crippen molar-refractivity contribution >= 4 is 34.8 Å². The molecule has 6 nitrogen and oxygen atoms in total. The molecule has 0 radical (unpaired) electrons. The molecule has 1 aliphatic heterocycles. The average molecular weight is 434 g/mol. The number of anilines is 1. The van der Waals surface area contributed by atoms with Gasteiger partial charge in [0.25, 0.3) is 5.56 Å². The first-order chi connectivity index (χ1) is 13.5.